The third-order valence-corrected chi connectivity index (χ3v) is 12.1. The molecule has 6 nitrogen and oxygen atoms in total. The summed E-state index contributed by atoms with van der Waals surface area (Å²) in [5, 5.41) is 0. The minimum Gasteiger partial charge on any atom is -0.328 e. The second-order valence-electron chi connectivity index (χ2n) is 8.13. The van der Waals surface area contributed by atoms with Crippen LogP contribution < -0.4 is 0 Å². The van der Waals surface area contributed by atoms with Crippen molar-refractivity contribution in [2.24, 2.45) is 11.8 Å². The van der Waals surface area contributed by atoms with Gasteiger partial charge in [-0.1, -0.05) is 48.3 Å². The van der Waals surface area contributed by atoms with Crippen LogP contribution in [0.1, 0.15) is 93.9 Å². The molecular weight excluding hydrogens is 537 g/mol. The number of rotatable bonds is 27. The monoisotopic (exact) mass is 590 g/mol. The van der Waals surface area contributed by atoms with Gasteiger partial charge in [-0.3, -0.25) is 0 Å². The van der Waals surface area contributed by atoms with Gasteiger partial charge in [0.15, 0.2) is 0 Å². The minimum absolute atomic E-state index is 0.215. The largest absolute Gasteiger partial charge is 0.328 e. The number of hydrogen-bond acceptors (Lipinski definition) is 10. The Bertz CT molecular complexity index is 413. The van der Waals surface area contributed by atoms with E-state index in [0.29, 0.717) is 39.6 Å². The lowest BCUT2D eigenvalue weighted by Crippen LogP contribution is -2.47. The fraction of sp³-hybridized carbons (Fsp3) is 1.00. The van der Waals surface area contributed by atoms with Gasteiger partial charge >= 0.3 is 0 Å². The Kier molecular flexibility index (Phi) is 24.8. The van der Waals surface area contributed by atoms with Gasteiger partial charge in [-0.2, -0.15) is 0 Å². The summed E-state index contributed by atoms with van der Waals surface area (Å²) in [5.74, 6) is 0.628. The maximum atomic E-state index is 6.06. The van der Waals surface area contributed by atoms with E-state index in [0.717, 1.165) is 50.0 Å². The Hall–Kier alpha value is 1.16. The van der Waals surface area contributed by atoms with E-state index in [4.69, 9.17) is 28.4 Å². The molecule has 0 spiro atoms. The van der Waals surface area contributed by atoms with Gasteiger partial charge in [-0.05, 0) is 86.9 Å². The average molecular weight is 591 g/mol. The summed E-state index contributed by atoms with van der Waals surface area (Å²) in [6.07, 6.45) is 6.19. The highest BCUT2D eigenvalue weighted by molar-refractivity contribution is 9.26. The molecule has 0 aromatic heterocycles. The van der Waals surface area contributed by atoms with Crippen LogP contribution in [0.15, 0.2) is 0 Å². The summed E-state index contributed by atoms with van der Waals surface area (Å²) in [7, 11) is 7.48. The normalized spacial score (nSPS) is 14.3. The molecule has 0 radical (unpaired) electrons. The first-order valence-corrected chi connectivity index (χ1v) is 19.1. The summed E-state index contributed by atoms with van der Waals surface area (Å²) < 4.78 is 36.3. The fourth-order valence-corrected chi connectivity index (χ4v) is 10.6. The van der Waals surface area contributed by atoms with E-state index in [-0.39, 0.29) is 11.8 Å². The van der Waals surface area contributed by atoms with E-state index >= 15 is 0 Å². The van der Waals surface area contributed by atoms with Crippen molar-refractivity contribution in [3.63, 3.8) is 0 Å². The van der Waals surface area contributed by atoms with Gasteiger partial charge in [0.25, 0.3) is 11.9 Å². The van der Waals surface area contributed by atoms with Gasteiger partial charge in [0.2, 0.25) is 0 Å². The zero-order chi connectivity index (χ0) is 27.1. The first-order valence-electron chi connectivity index (χ1n) is 13.9. The van der Waals surface area contributed by atoms with Crippen molar-refractivity contribution in [2.45, 2.75) is 106 Å². The molecule has 0 bridgehead atoms. The van der Waals surface area contributed by atoms with E-state index in [1.165, 1.54) is 0 Å². The van der Waals surface area contributed by atoms with Gasteiger partial charge in [0, 0.05) is 63.0 Å². The topological polar surface area (TPSA) is 55.4 Å². The van der Waals surface area contributed by atoms with E-state index < -0.39 is 11.9 Å². The highest BCUT2D eigenvalue weighted by Crippen LogP contribution is 2.45. The molecule has 0 aliphatic rings. The molecule has 36 heavy (non-hydrogen) atoms. The molecule has 0 saturated carbocycles. The molecule has 0 aromatic rings. The predicted molar refractivity (Wildman–Crippen MR) is 161 cm³/mol. The highest BCUT2D eigenvalue weighted by atomic mass is 33.7. The fourth-order valence-electron chi connectivity index (χ4n) is 4.34. The molecule has 0 aliphatic carbocycles. The molecular formula is C26H54O6S4. The standard InChI is InChI=1S/C26H54O6S4/c1-9-17-23(25(27-11-3,28-12-4)29-13-5)19-21-33-35-36-34-22-20-24(18-10-2)26(30-14-6,31-15-7)32-16-8/h23-24H,9-22H2,1-8H3. The summed E-state index contributed by atoms with van der Waals surface area (Å²) in [4.78, 5) is 0. The van der Waals surface area contributed by atoms with Gasteiger partial charge in [0.1, 0.15) is 0 Å². The van der Waals surface area contributed by atoms with Gasteiger partial charge in [-0.25, -0.2) is 0 Å². The SMILES string of the molecule is CCCC(CCSSSSCCC(CCC)C(OCC)(OCC)OCC)C(OCC)(OCC)OCC. The summed E-state index contributed by atoms with van der Waals surface area (Å²) >= 11 is 0. The molecule has 0 saturated heterocycles. The number of hydrogen-bond donors (Lipinski definition) is 0. The Morgan fingerprint density at radius 3 is 0.944 bits per heavy atom. The van der Waals surface area contributed by atoms with Crippen molar-refractivity contribution in [2.75, 3.05) is 51.1 Å². The van der Waals surface area contributed by atoms with Crippen LogP contribution in [0.5, 0.6) is 0 Å². The molecule has 0 rings (SSSR count). The summed E-state index contributed by atoms with van der Waals surface area (Å²) in [6.45, 7) is 19.9. The van der Waals surface area contributed by atoms with E-state index in [1.54, 1.807) is 0 Å². The third kappa shape index (κ3) is 14.0. The average Bonchev–Trinajstić information content (AvgIpc) is 2.85. The zero-order valence-corrected chi connectivity index (χ0v) is 27.4. The molecule has 10 heteroatoms. The predicted octanol–water partition coefficient (Wildman–Crippen LogP) is 8.80. The zero-order valence-electron chi connectivity index (χ0n) is 24.1. The highest BCUT2D eigenvalue weighted by Gasteiger charge is 2.42. The van der Waals surface area contributed by atoms with Crippen LogP contribution in [-0.4, -0.2) is 63.1 Å². The van der Waals surface area contributed by atoms with E-state index in [9.17, 15) is 0 Å². The number of ether oxygens (including phenoxy) is 6. The molecule has 0 heterocycles. The van der Waals surface area contributed by atoms with Crippen molar-refractivity contribution >= 4 is 41.2 Å². The molecule has 2 unspecified atom stereocenters. The molecule has 0 aromatic carbocycles. The molecule has 0 aliphatic heterocycles. The maximum absolute atomic E-state index is 6.06. The third-order valence-electron chi connectivity index (χ3n) is 5.57. The Morgan fingerprint density at radius 2 is 0.722 bits per heavy atom. The first kappa shape index (κ1) is 37.2. The molecule has 0 fully saturated rings. The van der Waals surface area contributed by atoms with Crippen LogP contribution in [-0.2, 0) is 28.4 Å². The van der Waals surface area contributed by atoms with Crippen molar-refractivity contribution in [3.05, 3.63) is 0 Å². The van der Waals surface area contributed by atoms with E-state index in [1.807, 2.05) is 82.8 Å². The van der Waals surface area contributed by atoms with Gasteiger partial charge < -0.3 is 28.4 Å². The van der Waals surface area contributed by atoms with Crippen molar-refractivity contribution in [3.8, 4) is 0 Å². The summed E-state index contributed by atoms with van der Waals surface area (Å²) in [5.41, 5.74) is 0. The lowest BCUT2D eigenvalue weighted by Gasteiger charge is -2.39. The Balaban J connectivity index is 4.69. The second kappa shape index (κ2) is 24.0. The van der Waals surface area contributed by atoms with Gasteiger partial charge in [-0.15, -0.1) is 0 Å². The molecule has 218 valence electrons. The molecule has 0 N–H and O–H groups in total. The quantitative estimate of drug-likeness (QED) is 0.0527. The van der Waals surface area contributed by atoms with Crippen molar-refractivity contribution in [1.29, 1.82) is 0 Å². The van der Waals surface area contributed by atoms with Crippen LogP contribution in [0.2, 0.25) is 0 Å². The maximum Gasteiger partial charge on any atom is 0.285 e. The van der Waals surface area contributed by atoms with E-state index in [2.05, 4.69) is 13.8 Å². The van der Waals surface area contributed by atoms with Crippen LogP contribution >= 0.6 is 41.2 Å². The van der Waals surface area contributed by atoms with Crippen molar-refractivity contribution in [1.82, 2.24) is 0 Å². The van der Waals surface area contributed by atoms with Crippen LogP contribution in [0.3, 0.4) is 0 Å². The lowest BCUT2D eigenvalue weighted by molar-refractivity contribution is -0.403. The minimum atomic E-state index is -0.927. The second-order valence-corrected chi connectivity index (χ2v) is 14.4. The Morgan fingerprint density at radius 1 is 0.444 bits per heavy atom. The summed E-state index contributed by atoms with van der Waals surface area (Å²) in [6, 6.07) is 0. The Labute approximate surface area is 237 Å². The van der Waals surface area contributed by atoms with Crippen LogP contribution in [0.25, 0.3) is 0 Å². The lowest BCUT2D eigenvalue weighted by atomic mass is 9.97. The first-order chi connectivity index (χ1) is 17.5. The van der Waals surface area contributed by atoms with Gasteiger partial charge in [0.05, 0.1) is 0 Å². The van der Waals surface area contributed by atoms with Crippen LogP contribution in [0, 0.1) is 11.8 Å². The molecule has 2 atom stereocenters. The molecule has 0 amide bonds. The van der Waals surface area contributed by atoms with Crippen molar-refractivity contribution < 1.29 is 28.4 Å². The smallest absolute Gasteiger partial charge is 0.285 e. The van der Waals surface area contributed by atoms with Crippen LogP contribution in [0.4, 0.5) is 0 Å².